The molecular weight excluding hydrogens is 216 g/mol. The second-order valence-electron chi connectivity index (χ2n) is 5.55. The van der Waals surface area contributed by atoms with Gasteiger partial charge in [0.15, 0.2) is 0 Å². The van der Waals surface area contributed by atoms with Crippen LogP contribution in [-0.4, -0.2) is 10.5 Å². The molecule has 2 saturated carbocycles. The third kappa shape index (κ3) is 2.03. The number of rotatable bonds is 3. The lowest BCUT2D eigenvalue weighted by atomic mass is 9.75. The molecule has 0 bridgehead atoms. The molecule has 2 N–H and O–H groups in total. The number of hydrogen-bond donors (Lipinski definition) is 1. The third-order valence-electron chi connectivity index (χ3n) is 4.16. The Morgan fingerprint density at radius 1 is 1.31 bits per heavy atom. The van der Waals surface area contributed by atoms with Gasteiger partial charge >= 0.3 is 0 Å². The summed E-state index contributed by atoms with van der Waals surface area (Å²) in [5.41, 5.74) is 7.59. The van der Waals surface area contributed by atoms with Crippen LogP contribution in [0.2, 0.25) is 0 Å². The topological polar surface area (TPSA) is 38.9 Å². The van der Waals surface area contributed by atoms with Crippen LogP contribution in [-0.2, 0) is 6.42 Å². The molecule has 0 amide bonds. The summed E-state index contributed by atoms with van der Waals surface area (Å²) >= 11 is 1.86. The van der Waals surface area contributed by atoms with Crippen molar-refractivity contribution in [1.82, 2.24) is 4.98 Å². The van der Waals surface area contributed by atoms with Gasteiger partial charge in [-0.05, 0) is 32.1 Å². The largest absolute Gasteiger partial charge is 0.325 e. The molecule has 1 heterocycles. The Hall–Kier alpha value is -0.410. The fourth-order valence-electron chi connectivity index (χ4n) is 2.93. The Bertz CT molecular complexity index is 362. The van der Waals surface area contributed by atoms with Crippen molar-refractivity contribution in [3.8, 4) is 0 Å². The van der Waals surface area contributed by atoms with Crippen molar-refractivity contribution in [3.05, 3.63) is 16.1 Å². The molecule has 1 aromatic heterocycles. The summed E-state index contributed by atoms with van der Waals surface area (Å²) in [4.78, 5) is 4.80. The Labute approximate surface area is 101 Å². The molecule has 0 saturated heterocycles. The van der Waals surface area contributed by atoms with E-state index in [1.807, 2.05) is 11.3 Å². The predicted molar refractivity (Wildman–Crippen MR) is 67.8 cm³/mol. The molecule has 0 aromatic carbocycles. The summed E-state index contributed by atoms with van der Waals surface area (Å²) in [6, 6.07) is 0. The molecule has 16 heavy (non-hydrogen) atoms. The van der Waals surface area contributed by atoms with Gasteiger partial charge in [-0.25, -0.2) is 4.98 Å². The molecule has 1 aromatic rings. The van der Waals surface area contributed by atoms with Gasteiger partial charge in [0, 0.05) is 23.3 Å². The van der Waals surface area contributed by atoms with E-state index in [-0.39, 0.29) is 5.54 Å². The molecule has 88 valence electrons. The van der Waals surface area contributed by atoms with Crippen LogP contribution in [0.4, 0.5) is 0 Å². The Balaban J connectivity index is 1.67. The highest BCUT2D eigenvalue weighted by atomic mass is 32.1. The molecule has 2 aliphatic carbocycles. The Morgan fingerprint density at radius 3 is 2.69 bits per heavy atom. The second kappa shape index (κ2) is 4.11. The highest BCUT2D eigenvalue weighted by Gasteiger charge is 2.33. The molecule has 0 aliphatic heterocycles. The van der Waals surface area contributed by atoms with E-state index < -0.39 is 0 Å². The molecule has 3 heteroatoms. The first-order valence-corrected chi connectivity index (χ1v) is 7.36. The van der Waals surface area contributed by atoms with Crippen LogP contribution in [0.5, 0.6) is 0 Å². The van der Waals surface area contributed by atoms with E-state index in [1.165, 1.54) is 55.6 Å². The van der Waals surface area contributed by atoms with Crippen molar-refractivity contribution in [1.29, 1.82) is 0 Å². The molecule has 0 atom stereocenters. The Morgan fingerprint density at radius 2 is 2.06 bits per heavy atom. The minimum Gasteiger partial charge on any atom is -0.325 e. The number of nitrogens with zero attached hydrogens (tertiary/aromatic N) is 1. The van der Waals surface area contributed by atoms with E-state index >= 15 is 0 Å². The average molecular weight is 236 g/mol. The maximum atomic E-state index is 6.26. The maximum absolute atomic E-state index is 6.26. The minimum atomic E-state index is 0.0843. The highest BCUT2D eigenvalue weighted by molar-refractivity contribution is 7.09. The van der Waals surface area contributed by atoms with Crippen LogP contribution < -0.4 is 5.73 Å². The van der Waals surface area contributed by atoms with E-state index in [1.54, 1.807) is 0 Å². The van der Waals surface area contributed by atoms with Crippen molar-refractivity contribution >= 4 is 11.3 Å². The molecule has 3 rings (SSSR count). The molecule has 2 fully saturated rings. The standard InChI is InChI=1S/C13H20N2S/c14-13(6-3-7-13)8-11-9-16-12(15-11)10-4-1-2-5-10/h9-10H,1-8,14H2. The number of nitrogens with two attached hydrogens (primary N) is 1. The van der Waals surface area contributed by atoms with Gasteiger partial charge in [-0.3, -0.25) is 0 Å². The van der Waals surface area contributed by atoms with Gasteiger partial charge in [0.05, 0.1) is 10.7 Å². The first-order chi connectivity index (χ1) is 7.75. The smallest absolute Gasteiger partial charge is 0.0959 e. The van der Waals surface area contributed by atoms with Crippen LogP contribution >= 0.6 is 11.3 Å². The lowest BCUT2D eigenvalue weighted by molar-refractivity contribution is 0.246. The minimum absolute atomic E-state index is 0.0843. The number of aromatic nitrogens is 1. The Kier molecular flexibility index (Phi) is 2.76. The first kappa shape index (κ1) is 10.7. The van der Waals surface area contributed by atoms with Gasteiger partial charge in [-0.2, -0.15) is 0 Å². The van der Waals surface area contributed by atoms with Crippen molar-refractivity contribution in [3.63, 3.8) is 0 Å². The van der Waals surface area contributed by atoms with Crippen molar-refractivity contribution in [2.45, 2.75) is 62.8 Å². The molecule has 0 spiro atoms. The van der Waals surface area contributed by atoms with Crippen molar-refractivity contribution in [2.24, 2.45) is 5.73 Å². The monoisotopic (exact) mass is 236 g/mol. The van der Waals surface area contributed by atoms with Gasteiger partial charge in [-0.15, -0.1) is 11.3 Å². The fourth-order valence-corrected chi connectivity index (χ4v) is 3.92. The SMILES string of the molecule is NC1(Cc2csc(C3CCCC3)n2)CCC1. The predicted octanol–water partition coefficient (Wildman–Crippen LogP) is 3.22. The summed E-state index contributed by atoms with van der Waals surface area (Å²) in [7, 11) is 0. The van der Waals surface area contributed by atoms with Gasteiger partial charge in [0.1, 0.15) is 0 Å². The molecule has 2 aliphatic rings. The zero-order chi connectivity index (χ0) is 11.0. The van der Waals surface area contributed by atoms with Gasteiger partial charge in [0.25, 0.3) is 0 Å². The van der Waals surface area contributed by atoms with Crippen LogP contribution in [0.1, 0.15) is 61.6 Å². The van der Waals surface area contributed by atoms with E-state index in [9.17, 15) is 0 Å². The lowest BCUT2D eigenvalue weighted by Crippen LogP contribution is -2.48. The normalized spacial score (nSPS) is 24.6. The van der Waals surface area contributed by atoms with E-state index in [4.69, 9.17) is 10.7 Å². The quantitative estimate of drug-likeness (QED) is 0.875. The van der Waals surface area contributed by atoms with Crippen molar-refractivity contribution in [2.75, 3.05) is 0 Å². The van der Waals surface area contributed by atoms with E-state index in [0.29, 0.717) is 0 Å². The van der Waals surface area contributed by atoms with E-state index in [0.717, 1.165) is 12.3 Å². The molecule has 0 radical (unpaired) electrons. The van der Waals surface area contributed by atoms with Crippen LogP contribution in [0.25, 0.3) is 0 Å². The summed E-state index contributed by atoms with van der Waals surface area (Å²) < 4.78 is 0. The van der Waals surface area contributed by atoms with Gasteiger partial charge < -0.3 is 5.73 Å². The van der Waals surface area contributed by atoms with Crippen LogP contribution in [0, 0.1) is 0 Å². The average Bonchev–Trinajstić information content (AvgIpc) is 2.83. The second-order valence-corrected chi connectivity index (χ2v) is 6.44. The van der Waals surface area contributed by atoms with Gasteiger partial charge in [-0.1, -0.05) is 12.8 Å². The summed E-state index contributed by atoms with van der Waals surface area (Å²) in [6.07, 6.45) is 10.1. The van der Waals surface area contributed by atoms with Crippen LogP contribution in [0.15, 0.2) is 5.38 Å². The van der Waals surface area contributed by atoms with Crippen LogP contribution in [0.3, 0.4) is 0 Å². The summed E-state index contributed by atoms with van der Waals surface area (Å²) in [6.45, 7) is 0. The fraction of sp³-hybridized carbons (Fsp3) is 0.769. The van der Waals surface area contributed by atoms with Gasteiger partial charge in [0.2, 0.25) is 0 Å². The lowest BCUT2D eigenvalue weighted by Gasteiger charge is -2.37. The third-order valence-corrected chi connectivity index (χ3v) is 5.21. The highest BCUT2D eigenvalue weighted by Crippen LogP contribution is 2.37. The summed E-state index contributed by atoms with van der Waals surface area (Å²) in [5, 5.41) is 3.61. The zero-order valence-corrected chi connectivity index (χ0v) is 10.6. The molecule has 2 nitrogen and oxygen atoms in total. The number of hydrogen-bond acceptors (Lipinski definition) is 3. The van der Waals surface area contributed by atoms with E-state index in [2.05, 4.69) is 5.38 Å². The maximum Gasteiger partial charge on any atom is 0.0959 e. The first-order valence-electron chi connectivity index (χ1n) is 6.48. The zero-order valence-electron chi connectivity index (χ0n) is 9.74. The van der Waals surface area contributed by atoms with Crippen molar-refractivity contribution < 1.29 is 0 Å². The molecular formula is C13H20N2S. The molecule has 0 unspecified atom stereocenters. The number of thiazole rings is 1. The summed E-state index contributed by atoms with van der Waals surface area (Å²) in [5.74, 6) is 0.758.